The van der Waals surface area contributed by atoms with E-state index in [9.17, 15) is 9.59 Å². The second-order valence-corrected chi connectivity index (χ2v) is 7.10. The predicted molar refractivity (Wildman–Crippen MR) is 107 cm³/mol. The highest BCUT2D eigenvalue weighted by molar-refractivity contribution is 8.26. The lowest BCUT2D eigenvalue weighted by atomic mass is 10.1. The second kappa shape index (κ2) is 9.01. The number of nitrogens with zero attached hydrogens (tertiary/aromatic N) is 2. The van der Waals surface area contributed by atoms with Gasteiger partial charge in [0.2, 0.25) is 0 Å². The number of hydrogen-bond donors (Lipinski definition) is 0. The Kier molecular flexibility index (Phi) is 7.01. The zero-order valence-corrected chi connectivity index (χ0v) is 16.3. The van der Waals surface area contributed by atoms with Gasteiger partial charge >= 0.3 is 5.97 Å². The molecule has 0 aromatic heterocycles. The van der Waals surface area contributed by atoms with Crippen molar-refractivity contribution in [2.45, 2.75) is 20.3 Å². The molecule has 5 nitrogen and oxygen atoms in total. The summed E-state index contributed by atoms with van der Waals surface area (Å²) in [4.78, 5) is 28.0. The molecule has 1 saturated heterocycles. The van der Waals surface area contributed by atoms with E-state index in [2.05, 4.69) is 35.6 Å². The summed E-state index contributed by atoms with van der Waals surface area (Å²) in [5, 5.41) is 0. The predicted octanol–water partition coefficient (Wildman–Crippen LogP) is 3.30. The zero-order chi connectivity index (χ0) is 18.4. The molecule has 25 heavy (non-hydrogen) atoms. The monoisotopic (exact) mass is 378 g/mol. The van der Waals surface area contributed by atoms with E-state index >= 15 is 0 Å². The van der Waals surface area contributed by atoms with Crippen LogP contribution in [-0.2, 0) is 14.3 Å². The molecule has 1 aliphatic heterocycles. The van der Waals surface area contributed by atoms with Crippen LogP contribution < -0.4 is 4.90 Å². The third kappa shape index (κ3) is 4.83. The summed E-state index contributed by atoms with van der Waals surface area (Å²) in [5.74, 6) is -0.517. The van der Waals surface area contributed by atoms with Crippen molar-refractivity contribution in [3.63, 3.8) is 0 Å². The molecule has 2 rings (SSSR count). The summed E-state index contributed by atoms with van der Waals surface area (Å²) in [6.45, 7) is 6.40. The maximum atomic E-state index is 12.5. The fraction of sp³-hybridized carbons (Fsp3) is 0.389. The van der Waals surface area contributed by atoms with E-state index < -0.39 is 0 Å². The molecule has 0 unspecified atom stereocenters. The number of benzene rings is 1. The molecule has 1 heterocycles. The number of amides is 1. The molecular weight excluding hydrogens is 356 g/mol. The SMILES string of the molecule is CCN(CC)c1ccc(C=C2SC(=S)N(CCC(=O)OC)C2=O)cc1. The molecular formula is C18H22N2O3S2. The maximum Gasteiger partial charge on any atom is 0.307 e. The minimum atomic E-state index is -0.356. The van der Waals surface area contributed by atoms with Crippen LogP contribution in [-0.4, -0.2) is 47.8 Å². The number of ether oxygens (including phenoxy) is 1. The number of carbonyl (C=O) groups is 2. The van der Waals surface area contributed by atoms with Crippen molar-refractivity contribution in [2.75, 3.05) is 31.6 Å². The Morgan fingerprint density at radius 3 is 2.48 bits per heavy atom. The molecule has 0 N–H and O–H groups in total. The minimum Gasteiger partial charge on any atom is -0.469 e. The van der Waals surface area contributed by atoms with Crippen LogP contribution in [0.3, 0.4) is 0 Å². The number of rotatable bonds is 7. The van der Waals surface area contributed by atoms with Crippen molar-refractivity contribution < 1.29 is 14.3 Å². The largest absolute Gasteiger partial charge is 0.469 e. The van der Waals surface area contributed by atoms with Crippen molar-refractivity contribution in [1.82, 2.24) is 4.90 Å². The number of methoxy groups -OCH3 is 1. The van der Waals surface area contributed by atoms with Crippen LogP contribution >= 0.6 is 24.0 Å². The lowest BCUT2D eigenvalue weighted by Crippen LogP contribution is -2.30. The number of thiocarbonyl (C=S) groups is 1. The first kappa shape index (κ1) is 19.5. The molecule has 1 amide bonds. The highest BCUT2D eigenvalue weighted by Crippen LogP contribution is 2.32. The first-order valence-corrected chi connectivity index (χ1v) is 9.39. The van der Waals surface area contributed by atoms with E-state index in [1.54, 1.807) is 0 Å². The highest BCUT2D eigenvalue weighted by atomic mass is 32.2. The van der Waals surface area contributed by atoms with Gasteiger partial charge in [0, 0.05) is 25.3 Å². The van der Waals surface area contributed by atoms with Crippen molar-refractivity contribution in [1.29, 1.82) is 0 Å². The first-order chi connectivity index (χ1) is 12.0. The summed E-state index contributed by atoms with van der Waals surface area (Å²) >= 11 is 6.52. The van der Waals surface area contributed by atoms with Gasteiger partial charge in [0.05, 0.1) is 18.4 Å². The fourth-order valence-electron chi connectivity index (χ4n) is 2.52. The van der Waals surface area contributed by atoms with Crippen LogP contribution in [0.5, 0.6) is 0 Å². The standard InChI is InChI=1S/C18H22N2O3S2/c1-4-19(5-2)14-8-6-13(7-9-14)12-15-17(22)20(18(24)25-15)11-10-16(21)23-3/h6-9,12H,4-5,10-11H2,1-3H3. The van der Waals surface area contributed by atoms with E-state index in [0.29, 0.717) is 9.23 Å². The van der Waals surface area contributed by atoms with Gasteiger partial charge in [-0.25, -0.2) is 0 Å². The second-order valence-electron chi connectivity index (χ2n) is 5.42. The Labute approximate surface area is 158 Å². The molecule has 1 aromatic rings. The average Bonchev–Trinajstić information content (AvgIpc) is 2.88. The highest BCUT2D eigenvalue weighted by Gasteiger charge is 2.32. The van der Waals surface area contributed by atoms with Gasteiger partial charge in [0.15, 0.2) is 0 Å². The summed E-state index contributed by atoms with van der Waals surface area (Å²) in [5.41, 5.74) is 2.11. The lowest BCUT2D eigenvalue weighted by molar-refractivity contribution is -0.140. The number of thioether (sulfide) groups is 1. The Morgan fingerprint density at radius 1 is 1.28 bits per heavy atom. The molecule has 1 aromatic carbocycles. The molecule has 0 bridgehead atoms. The van der Waals surface area contributed by atoms with Crippen molar-refractivity contribution in [3.05, 3.63) is 34.7 Å². The normalized spacial score (nSPS) is 15.8. The fourth-order valence-corrected chi connectivity index (χ4v) is 3.83. The average molecular weight is 379 g/mol. The summed E-state index contributed by atoms with van der Waals surface area (Å²) in [6, 6.07) is 8.09. The third-order valence-corrected chi connectivity index (χ3v) is 5.34. The van der Waals surface area contributed by atoms with E-state index in [1.807, 2.05) is 18.2 Å². The molecule has 0 atom stereocenters. The van der Waals surface area contributed by atoms with Crippen LogP contribution in [0.4, 0.5) is 5.69 Å². The van der Waals surface area contributed by atoms with E-state index in [4.69, 9.17) is 12.2 Å². The van der Waals surface area contributed by atoms with E-state index in [1.165, 1.54) is 23.8 Å². The molecule has 134 valence electrons. The lowest BCUT2D eigenvalue weighted by Gasteiger charge is -2.20. The van der Waals surface area contributed by atoms with Gasteiger partial charge < -0.3 is 9.64 Å². The molecule has 0 spiro atoms. The maximum absolute atomic E-state index is 12.5. The molecule has 0 radical (unpaired) electrons. The van der Waals surface area contributed by atoms with Gasteiger partial charge in [-0.15, -0.1) is 0 Å². The Bertz CT molecular complexity index is 682. The van der Waals surface area contributed by atoms with Crippen molar-refractivity contribution in [3.8, 4) is 0 Å². The van der Waals surface area contributed by atoms with Crippen molar-refractivity contribution in [2.24, 2.45) is 0 Å². The van der Waals surface area contributed by atoms with Crippen LogP contribution in [0.1, 0.15) is 25.8 Å². The Balaban J connectivity index is 2.09. The summed E-state index contributed by atoms with van der Waals surface area (Å²) in [6.07, 6.45) is 1.97. The van der Waals surface area contributed by atoms with Gasteiger partial charge in [-0.2, -0.15) is 0 Å². The van der Waals surface area contributed by atoms with Gasteiger partial charge in [-0.05, 0) is 37.6 Å². The number of carbonyl (C=O) groups excluding carboxylic acids is 2. The molecule has 1 aliphatic rings. The van der Waals surface area contributed by atoms with Gasteiger partial charge in [0.25, 0.3) is 5.91 Å². The van der Waals surface area contributed by atoms with Crippen LogP contribution in [0.15, 0.2) is 29.2 Å². The van der Waals surface area contributed by atoms with Gasteiger partial charge in [-0.3, -0.25) is 14.5 Å². The van der Waals surface area contributed by atoms with Crippen LogP contribution in [0, 0.1) is 0 Å². The van der Waals surface area contributed by atoms with Crippen LogP contribution in [0.2, 0.25) is 0 Å². The number of esters is 1. The zero-order valence-electron chi connectivity index (χ0n) is 14.7. The topological polar surface area (TPSA) is 49.9 Å². The molecule has 0 saturated carbocycles. The van der Waals surface area contributed by atoms with E-state index in [0.717, 1.165) is 24.3 Å². The first-order valence-electron chi connectivity index (χ1n) is 8.17. The van der Waals surface area contributed by atoms with Gasteiger partial charge in [-0.1, -0.05) is 36.1 Å². The van der Waals surface area contributed by atoms with Crippen LogP contribution in [0.25, 0.3) is 6.08 Å². The Morgan fingerprint density at radius 2 is 1.92 bits per heavy atom. The summed E-state index contributed by atoms with van der Waals surface area (Å²) < 4.78 is 5.08. The van der Waals surface area contributed by atoms with Gasteiger partial charge in [0.1, 0.15) is 4.32 Å². The molecule has 7 heteroatoms. The number of anilines is 1. The quantitative estimate of drug-likeness (QED) is 0.412. The molecule has 0 aliphatic carbocycles. The minimum absolute atomic E-state index is 0.134. The summed E-state index contributed by atoms with van der Waals surface area (Å²) in [7, 11) is 1.33. The third-order valence-electron chi connectivity index (χ3n) is 3.96. The van der Waals surface area contributed by atoms with E-state index in [-0.39, 0.29) is 24.8 Å². The van der Waals surface area contributed by atoms with Crippen molar-refractivity contribution >= 4 is 51.9 Å². The number of hydrogen-bond acceptors (Lipinski definition) is 6. The smallest absolute Gasteiger partial charge is 0.307 e. The molecule has 1 fully saturated rings. The Hall–Kier alpha value is -1.86.